The van der Waals surface area contributed by atoms with E-state index in [2.05, 4.69) is 31.1 Å². The van der Waals surface area contributed by atoms with Crippen molar-refractivity contribution in [2.75, 3.05) is 0 Å². The van der Waals surface area contributed by atoms with Crippen LogP contribution in [0.5, 0.6) is 11.6 Å². The van der Waals surface area contributed by atoms with Gasteiger partial charge >= 0.3 is 0 Å². The number of ether oxygens (including phenoxy) is 1. The predicted molar refractivity (Wildman–Crippen MR) is 104 cm³/mol. The van der Waals surface area contributed by atoms with Crippen LogP contribution in [0.1, 0.15) is 11.1 Å². The standard InChI is InChI=1S/C20H16N8O/c1-28-19(7-17(27-28)16-4-5-23-12-26-16)29-18-6-13(8-21)2-3-15(18)20-24-10-14(9-22)11-25-20/h2-7,10-12H,9,22H2,1H3. The number of rotatable bonds is 5. The molecule has 0 aliphatic heterocycles. The monoisotopic (exact) mass is 384 g/mol. The van der Waals surface area contributed by atoms with Crippen molar-refractivity contribution in [1.82, 2.24) is 29.7 Å². The summed E-state index contributed by atoms with van der Waals surface area (Å²) in [5.41, 5.74) is 8.87. The average Bonchev–Trinajstić information content (AvgIpc) is 3.14. The lowest BCUT2D eigenvalue weighted by Gasteiger charge is -2.11. The summed E-state index contributed by atoms with van der Waals surface area (Å²) >= 11 is 0. The Morgan fingerprint density at radius 2 is 1.93 bits per heavy atom. The quantitative estimate of drug-likeness (QED) is 0.555. The number of nitriles is 1. The third-order valence-corrected chi connectivity index (χ3v) is 4.19. The third kappa shape index (κ3) is 3.78. The molecule has 0 aliphatic carbocycles. The second-order valence-electron chi connectivity index (χ2n) is 6.13. The van der Waals surface area contributed by atoms with Gasteiger partial charge < -0.3 is 10.5 Å². The first-order valence-electron chi connectivity index (χ1n) is 8.71. The number of hydrogen-bond donors (Lipinski definition) is 1. The van der Waals surface area contributed by atoms with Crippen LogP contribution in [0.3, 0.4) is 0 Å². The Kier molecular flexibility index (Phi) is 4.92. The summed E-state index contributed by atoms with van der Waals surface area (Å²) in [6, 6.07) is 10.7. The Morgan fingerprint density at radius 1 is 1.10 bits per heavy atom. The molecule has 9 heteroatoms. The SMILES string of the molecule is Cn1nc(-c2ccncn2)cc1Oc1cc(C#N)ccc1-c1ncc(CN)cn1. The minimum atomic E-state index is 0.359. The van der Waals surface area contributed by atoms with Crippen molar-refractivity contribution in [1.29, 1.82) is 5.26 Å². The van der Waals surface area contributed by atoms with Crippen LogP contribution in [0.4, 0.5) is 0 Å². The molecule has 0 amide bonds. The van der Waals surface area contributed by atoms with Crippen molar-refractivity contribution in [3.63, 3.8) is 0 Å². The highest BCUT2D eigenvalue weighted by atomic mass is 16.5. The lowest BCUT2D eigenvalue weighted by atomic mass is 10.1. The molecule has 142 valence electrons. The summed E-state index contributed by atoms with van der Waals surface area (Å²) in [7, 11) is 1.76. The Balaban J connectivity index is 1.73. The van der Waals surface area contributed by atoms with Gasteiger partial charge in [-0.1, -0.05) is 0 Å². The number of aromatic nitrogens is 6. The maximum Gasteiger partial charge on any atom is 0.218 e. The zero-order valence-corrected chi connectivity index (χ0v) is 15.5. The van der Waals surface area contributed by atoms with Gasteiger partial charge in [-0.25, -0.2) is 24.6 Å². The molecular formula is C20H16N8O. The van der Waals surface area contributed by atoms with Crippen LogP contribution in [-0.4, -0.2) is 29.7 Å². The molecule has 0 bridgehead atoms. The van der Waals surface area contributed by atoms with Gasteiger partial charge in [0.15, 0.2) is 5.82 Å². The highest BCUT2D eigenvalue weighted by Gasteiger charge is 2.15. The lowest BCUT2D eigenvalue weighted by molar-refractivity contribution is 0.432. The fraction of sp³-hybridized carbons (Fsp3) is 0.100. The normalized spacial score (nSPS) is 10.5. The topological polar surface area (TPSA) is 128 Å². The second-order valence-corrected chi connectivity index (χ2v) is 6.13. The third-order valence-electron chi connectivity index (χ3n) is 4.19. The molecule has 4 aromatic rings. The van der Waals surface area contributed by atoms with Crippen LogP contribution in [0.2, 0.25) is 0 Å². The van der Waals surface area contributed by atoms with Gasteiger partial charge in [-0.2, -0.15) is 10.4 Å². The number of aryl methyl sites for hydroxylation is 1. The van der Waals surface area contributed by atoms with Crippen LogP contribution < -0.4 is 10.5 Å². The molecule has 0 spiro atoms. The zero-order valence-electron chi connectivity index (χ0n) is 15.5. The van der Waals surface area contributed by atoms with Crippen molar-refractivity contribution in [2.45, 2.75) is 6.54 Å². The molecule has 29 heavy (non-hydrogen) atoms. The minimum Gasteiger partial charge on any atom is -0.438 e. The van der Waals surface area contributed by atoms with Crippen molar-refractivity contribution < 1.29 is 4.74 Å². The number of nitrogens with zero attached hydrogens (tertiary/aromatic N) is 7. The number of hydrogen-bond acceptors (Lipinski definition) is 8. The first kappa shape index (κ1) is 18.2. The highest BCUT2D eigenvalue weighted by Crippen LogP contribution is 2.33. The maximum absolute atomic E-state index is 9.28. The Bertz CT molecular complexity index is 1180. The first-order valence-corrected chi connectivity index (χ1v) is 8.71. The lowest BCUT2D eigenvalue weighted by Crippen LogP contribution is -2.01. The van der Waals surface area contributed by atoms with Gasteiger partial charge in [-0.3, -0.25) is 0 Å². The summed E-state index contributed by atoms with van der Waals surface area (Å²) in [5, 5.41) is 13.7. The molecule has 0 saturated carbocycles. The Labute approximate surface area is 166 Å². The van der Waals surface area contributed by atoms with E-state index in [4.69, 9.17) is 10.5 Å². The summed E-state index contributed by atoms with van der Waals surface area (Å²) in [5.74, 6) is 1.40. The largest absolute Gasteiger partial charge is 0.438 e. The maximum atomic E-state index is 9.28. The fourth-order valence-electron chi connectivity index (χ4n) is 2.69. The average molecular weight is 384 g/mol. The first-order chi connectivity index (χ1) is 14.2. The van der Waals surface area contributed by atoms with Gasteiger partial charge in [0.05, 0.1) is 22.9 Å². The molecule has 0 radical (unpaired) electrons. The number of nitrogens with two attached hydrogens (primary N) is 1. The van der Waals surface area contributed by atoms with E-state index in [0.717, 1.165) is 5.56 Å². The van der Waals surface area contributed by atoms with E-state index in [-0.39, 0.29) is 0 Å². The van der Waals surface area contributed by atoms with Gasteiger partial charge in [0, 0.05) is 43.8 Å². The molecule has 3 heterocycles. The summed E-state index contributed by atoms with van der Waals surface area (Å²) in [6.07, 6.45) is 6.44. The van der Waals surface area contributed by atoms with Crippen LogP contribution in [0.25, 0.3) is 22.8 Å². The minimum absolute atomic E-state index is 0.359. The van der Waals surface area contributed by atoms with Gasteiger partial charge in [-0.15, -0.1) is 0 Å². The van der Waals surface area contributed by atoms with E-state index in [0.29, 0.717) is 46.5 Å². The summed E-state index contributed by atoms with van der Waals surface area (Å²) < 4.78 is 7.69. The summed E-state index contributed by atoms with van der Waals surface area (Å²) in [6.45, 7) is 0.359. The van der Waals surface area contributed by atoms with Crippen LogP contribution >= 0.6 is 0 Å². The van der Waals surface area contributed by atoms with Crippen LogP contribution in [-0.2, 0) is 13.6 Å². The molecule has 1 aromatic carbocycles. The molecule has 3 aromatic heterocycles. The molecule has 0 unspecified atom stereocenters. The Morgan fingerprint density at radius 3 is 2.62 bits per heavy atom. The van der Waals surface area contributed by atoms with Crippen LogP contribution in [0.15, 0.2) is 55.2 Å². The predicted octanol–water partition coefficient (Wildman–Crippen LogP) is 2.46. The summed E-state index contributed by atoms with van der Waals surface area (Å²) in [4.78, 5) is 16.8. The molecule has 0 fully saturated rings. The van der Waals surface area contributed by atoms with E-state index in [1.807, 2.05) is 0 Å². The van der Waals surface area contributed by atoms with Crippen molar-refractivity contribution >= 4 is 0 Å². The Hall–Kier alpha value is -4.16. The molecule has 0 atom stereocenters. The fourth-order valence-corrected chi connectivity index (χ4v) is 2.69. The van der Waals surface area contributed by atoms with Gasteiger partial charge in [0.25, 0.3) is 0 Å². The zero-order chi connectivity index (χ0) is 20.2. The van der Waals surface area contributed by atoms with Gasteiger partial charge in [-0.05, 0) is 24.3 Å². The molecule has 9 nitrogen and oxygen atoms in total. The molecular weight excluding hydrogens is 368 g/mol. The molecule has 0 saturated heterocycles. The molecule has 0 aliphatic rings. The van der Waals surface area contributed by atoms with E-state index in [9.17, 15) is 5.26 Å². The molecule has 4 rings (SSSR count). The van der Waals surface area contributed by atoms with Gasteiger partial charge in [0.2, 0.25) is 5.88 Å². The van der Waals surface area contributed by atoms with Gasteiger partial charge in [0.1, 0.15) is 17.8 Å². The van der Waals surface area contributed by atoms with Crippen molar-refractivity contribution in [2.24, 2.45) is 12.8 Å². The van der Waals surface area contributed by atoms with Crippen LogP contribution in [0, 0.1) is 11.3 Å². The van der Waals surface area contributed by atoms with E-state index < -0.39 is 0 Å². The highest BCUT2D eigenvalue weighted by molar-refractivity contribution is 5.66. The van der Waals surface area contributed by atoms with E-state index in [1.54, 1.807) is 60.7 Å². The van der Waals surface area contributed by atoms with Crippen molar-refractivity contribution in [3.8, 4) is 40.5 Å². The number of benzene rings is 1. The van der Waals surface area contributed by atoms with Crippen molar-refractivity contribution in [3.05, 3.63) is 66.4 Å². The van der Waals surface area contributed by atoms with E-state index in [1.165, 1.54) is 6.33 Å². The molecule has 2 N–H and O–H groups in total. The second kappa shape index (κ2) is 7.84. The smallest absolute Gasteiger partial charge is 0.218 e. The van der Waals surface area contributed by atoms with E-state index >= 15 is 0 Å².